The van der Waals surface area contributed by atoms with Gasteiger partial charge >= 0.3 is 0 Å². The lowest BCUT2D eigenvalue weighted by molar-refractivity contribution is 0.546. The average Bonchev–Trinajstić information content (AvgIpc) is 2.36. The van der Waals surface area contributed by atoms with E-state index in [0.717, 1.165) is 6.54 Å². The standard InChI is InChI=1S/C8H15N3/c1-4-9-7(2)8-5-6-10-11(8)3/h5-7,9H,4H2,1-3H3/t7-/m1/s1. The van der Waals surface area contributed by atoms with Gasteiger partial charge in [-0.25, -0.2) is 0 Å². The second-order valence-corrected chi connectivity index (χ2v) is 2.66. The molecule has 0 aromatic carbocycles. The monoisotopic (exact) mass is 153 g/mol. The van der Waals surface area contributed by atoms with E-state index in [0.29, 0.717) is 6.04 Å². The lowest BCUT2D eigenvalue weighted by atomic mass is 10.2. The first kappa shape index (κ1) is 8.27. The van der Waals surface area contributed by atoms with Crippen LogP contribution in [0.5, 0.6) is 0 Å². The predicted molar refractivity (Wildman–Crippen MR) is 45.3 cm³/mol. The minimum atomic E-state index is 0.396. The van der Waals surface area contributed by atoms with E-state index in [4.69, 9.17) is 0 Å². The highest BCUT2D eigenvalue weighted by Crippen LogP contribution is 2.08. The summed E-state index contributed by atoms with van der Waals surface area (Å²) >= 11 is 0. The van der Waals surface area contributed by atoms with Gasteiger partial charge in [-0.3, -0.25) is 4.68 Å². The maximum absolute atomic E-state index is 4.10. The van der Waals surface area contributed by atoms with Crippen LogP contribution in [0.3, 0.4) is 0 Å². The lowest BCUT2D eigenvalue weighted by Crippen LogP contribution is -2.20. The van der Waals surface area contributed by atoms with E-state index < -0.39 is 0 Å². The van der Waals surface area contributed by atoms with E-state index in [1.807, 2.05) is 24.0 Å². The second-order valence-electron chi connectivity index (χ2n) is 2.66. The normalized spacial score (nSPS) is 13.4. The summed E-state index contributed by atoms with van der Waals surface area (Å²) in [6.45, 7) is 5.24. The zero-order valence-electron chi connectivity index (χ0n) is 7.33. The molecule has 1 aromatic heterocycles. The number of aryl methyl sites for hydroxylation is 1. The lowest BCUT2D eigenvalue weighted by Gasteiger charge is -2.11. The molecule has 0 unspecified atom stereocenters. The van der Waals surface area contributed by atoms with Crippen LogP contribution in [0.25, 0.3) is 0 Å². The third-order valence-electron chi connectivity index (χ3n) is 1.81. The van der Waals surface area contributed by atoms with Gasteiger partial charge in [0.15, 0.2) is 0 Å². The van der Waals surface area contributed by atoms with Gasteiger partial charge in [-0.2, -0.15) is 5.10 Å². The van der Waals surface area contributed by atoms with Crippen molar-refractivity contribution in [1.29, 1.82) is 0 Å². The Hall–Kier alpha value is -0.830. The Morgan fingerprint density at radius 2 is 2.45 bits per heavy atom. The van der Waals surface area contributed by atoms with E-state index >= 15 is 0 Å². The highest BCUT2D eigenvalue weighted by molar-refractivity contribution is 5.04. The fourth-order valence-electron chi connectivity index (χ4n) is 1.22. The molecule has 11 heavy (non-hydrogen) atoms. The molecule has 0 aliphatic carbocycles. The molecule has 0 radical (unpaired) electrons. The Balaban J connectivity index is 2.67. The van der Waals surface area contributed by atoms with Gasteiger partial charge in [-0.15, -0.1) is 0 Å². The summed E-state index contributed by atoms with van der Waals surface area (Å²) < 4.78 is 1.90. The van der Waals surface area contributed by atoms with Crippen molar-refractivity contribution in [3.8, 4) is 0 Å². The van der Waals surface area contributed by atoms with Crippen LogP contribution >= 0.6 is 0 Å². The van der Waals surface area contributed by atoms with Gasteiger partial charge in [0.05, 0.1) is 5.69 Å². The third-order valence-corrected chi connectivity index (χ3v) is 1.81. The molecule has 3 heteroatoms. The van der Waals surface area contributed by atoms with Gasteiger partial charge in [0.2, 0.25) is 0 Å². The van der Waals surface area contributed by atoms with Crippen molar-refractivity contribution in [2.45, 2.75) is 19.9 Å². The fraction of sp³-hybridized carbons (Fsp3) is 0.625. The quantitative estimate of drug-likeness (QED) is 0.704. The molecule has 1 aromatic rings. The van der Waals surface area contributed by atoms with E-state index in [2.05, 4.69) is 24.3 Å². The highest BCUT2D eigenvalue weighted by atomic mass is 15.3. The summed E-state index contributed by atoms with van der Waals surface area (Å²) in [7, 11) is 1.96. The van der Waals surface area contributed by atoms with Gasteiger partial charge in [0.25, 0.3) is 0 Å². The number of aromatic nitrogens is 2. The van der Waals surface area contributed by atoms with Crippen LogP contribution in [0, 0.1) is 0 Å². The van der Waals surface area contributed by atoms with E-state index in [1.54, 1.807) is 0 Å². The molecule has 0 saturated carbocycles. The van der Waals surface area contributed by atoms with Crippen LogP contribution in [0.2, 0.25) is 0 Å². The van der Waals surface area contributed by atoms with Crippen LogP contribution in [0.1, 0.15) is 25.6 Å². The van der Waals surface area contributed by atoms with Crippen LogP contribution in [-0.4, -0.2) is 16.3 Å². The van der Waals surface area contributed by atoms with Gasteiger partial charge in [0, 0.05) is 19.3 Å². The van der Waals surface area contributed by atoms with Gasteiger partial charge in [-0.1, -0.05) is 6.92 Å². The molecule has 0 spiro atoms. The van der Waals surface area contributed by atoms with Crippen LogP contribution in [0.15, 0.2) is 12.3 Å². The molecule has 1 rings (SSSR count). The summed E-state index contributed by atoms with van der Waals surface area (Å²) in [6, 6.07) is 2.43. The van der Waals surface area contributed by atoms with Crippen molar-refractivity contribution >= 4 is 0 Å². The molecule has 0 amide bonds. The van der Waals surface area contributed by atoms with Crippen molar-refractivity contribution in [3.63, 3.8) is 0 Å². The predicted octanol–water partition coefficient (Wildman–Crippen LogP) is 1.09. The third kappa shape index (κ3) is 1.80. The van der Waals surface area contributed by atoms with Crippen molar-refractivity contribution < 1.29 is 0 Å². The molecular weight excluding hydrogens is 138 g/mol. The summed E-state index contributed by atoms with van der Waals surface area (Å²) in [5.41, 5.74) is 1.23. The Bertz CT molecular complexity index is 217. The van der Waals surface area contributed by atoms with E-state index in [9.17, 15) is 0 Å². The Morgan fingerprint density at radius 1 is 1.73 bits per heavy atom. The van der Waals surface area contributed by atoms with Crippen molar-refractivity contribution in [1.82, 2.24) is 15.1 Å². The smallest absolute Gasteiger partial charge is 0.0547 e. The zero-order valence-corrected chi connectivity index (χ0v) is 7.33. The number of nitrogens with one attached hydrogen (secondary N) is 1. The summed E-state index contributed by atoms with van der Waals surface area (Å²) in [5, 5.41) is 7.42. The summed E-state index contributed by atoms with van der Waals surface area (Å²) in [6.07, 6.45) is 1.82. The van der Waals surface area contributed by atoms with Crippen molar-refractivity contribution in [2.75, 3.05) is 6.54 Å². The number of rotatable bonds is 3. The minimum absolute atomic E-state index is 0.396. The molecule has 0 saturated heterocycles. The van der Waals surface area contributed by atoms with Crippen molar-refractivity contribution in [2.24, 2.45) is 7.05 Å². The maximum Gasteiger partial charge on any atom is 0.0547 e. The Kier molecular flexibility index (Phi) is 2.65. The molecule has 0 aliphatic rings. The molecule has 3 nitrogen and oxygen atoms in total. The molecule has 0 aliphatic heterocycles. The van der Waals surface area contributed by atoms with Gasteiger partial charge < -0.3 is 5.32 Å². The summed E-state index contributed by atoms with van der Waals surface area (Å²) in [4.78, 5) is 0. The number of hydrogen-bond donors (Lipinski definition) is 1. The molecule has 0 bridgehead atoms. The number of nitrogens with zero attached hydrogens (tertiary/aromatic N) is 2. The first-order chi connectivity index (χ1) is 5.25. The maximum atomic E-state index is 4.10. The van der Waals surface area contributed by atoms with Crippen LogP contribution in [-0.2, 0) is 7.05 Å². The molecule has 0 fully saturated rings. The first-order valence-corrected chi connectivity index (χ1v) is 3.97. The molecular formula is C8H15N3. The van der Waals surface area contributed by atoms with Gasteiger partial charge in [0.1, 0.15) is 0 Å². The first-order valence-electron chi connectivity index (χ1n) is 3.97. The second kappa shape index (κ2) is 3.53. The van der Waals surface area contributed by atoms with Crippen LogP contribution in [0.4, 0.5) is 0 Å². The zero-order chi connectivity index (χ0) is 8.27. The summed E-state index contributed by atoms with van der Waals surface area (Å²) in [5.74, 6) is 0. The molecule has 62 valence electrons. The highest BCUT2D eigenvalue weighted by Gasteiger charge is 2.05. The van der Waals surface area contributed by atoms with E-state index in [-0.39, 0.29) is 0 Å². The largest absolute Gasteiger partial charge is 0.309 e. The fourth-order valence-corrected chi connectivity index (χ4v) is 1.22. The average molecular weight is 153 g/mol. The molecule has 1 N–H and O–H groups in total. The Morgan fingerprint density at radius 3 is 2.91 bits per heavy atom. The van der Waals surface area contributed by atoms with Crippen LogP contribution < -0.4 is 5.32 Å². The number of hydrogen-bond acceptors (Lipinski definition) is 2. The molecule has 1 atom stereocenters. The van der Waals surface area contributed by atoms with Gasteiger partial charge in [-0.05, 0) is 19.5 Å². The van der Waals surface area contributed by atoms with E-state index in [1.165, 1.54) is 5.69 Å². The SMILES string of the molecule is CCN[C@H](C)c1ccnn1C. The molecule has 1 heterocycles. The van der Waals surface area contributed by atoms with Crippen molar-refractivity contribution in [3.05, 3.63) is 18.0 Å². The minimum Gasteiger partial charge on any atom is -0.309 e. The topological polar surface area (TPSA) is 29.9 Å². The Labute approximate surface area is 67.4 Å².